The maximum absolute atomic E-state index is 5.91. The zero-order chi connectivity index (χ0) is 11.4. The van der Waals surface area contributed by atoms with Crippen LogP contribution in [0.1, 0.15) is 24.1 Å². The van der Waals surface area contributed by atoms with E-state index in [-0.39, 0.29) is 0 Å². The lowest BCUT2D eigenvalue weighted by Crippen LogP contribution is -2.28. The van der Waals surface area contributed by atoms with Crippen molar-refractivity contribution in [1.29, 1.82) is 0 Å². The van der Waals surface area contributed by atoms with Gasteiger partial charge in [0.05, 0.1) is 4.34 Å². The van der Waals surface area contributed by atoms with Gasteiger partial charge < -0.3 is 10.2 Å². The summed E-state index contributed by atoms with van der Waals surface area (Å²) in [5.41, 5.74) is 0. The molecule has 90 valence electrons. The third kappa shape index (κ3) is 3.74. The lowest BCUT2D eigenvalue weighted by atomic mass is 10.1. The Kier molecular flexibility index (Phi) is 4.65. The predicted octanol–water partition coefficient (Wildman–Crippen LogP) is 2.98. The van der Waals surface area contributed by atoms with Crippen LogP contribution < -0.4 is 5.32 Å². The molecule has 1 fully saturated rings. The van der Waals surface area contributed by atoms with Crippen LogP contribution in [0.3, 0.4) is 0 Å². The van der Waals surface area contributed by atoms with E-state index in [1.165, 1.54) is 30.7 Å². The molecule has 1 aromatic rings. The summed E-state index contributed by atoms with van der Waals surface area (Å²) in [6.07, 6.45) is 3.95. The van der Waals surface area contributed by atoms with E-state index in [2.05, 4.69) is 23.3 Å². The highest BCUT2D eigenvalue weighted by atomic mass is 35.5. The Morgan fingerprint density at radius 2 is 2.44 bits per heavy atom. The first-order chi connectivity index (χ1) is 7.74. The highest BCUT2D eigenvalue weighted by Gasteiger charge is 2.14. The molecular formula is C12H19ClN2S. The van der Waals surface area contributed by atoms with Crippen LogP contribution in [0.5, 0.6) is 0 Å². The lowest BCUT2D eigenvalue weighted by Gasteiger charge is -2.18. The third-order valence-electron chi connectivity index (χ3n) is 3.08. The van der Waals surface area contributed by atoms with Crippen LogP contribution in [-0.4, -0.2) is 31.1 Å². The molecule has 1 aliphatic rings. The Hall–Kier alpha value is -0.0900. The normalized spacial score (nSPS) is 20.8. The van der Waals surface area contributed by atoms with E-state index < -0.39 is 0 Å². The van der Waals surface area contributed by atoms with E-state index >= 15 is 0 Å². The molecule has 0 amide bonds. The molecule has 1 unspecified atom stereocenters. The van der Waals surface area contributed by atoms with Crippen molar-refractivity contribution in [2.24, 2.45) is 0 Å². The van der Waals surface area contributed by atoms with Crippen molar-refractivity contribution in [2.45, 2.75) is 31.8 Å². The molecule has 1 aliphatic heterocycles. The van der Waals surface area contributed by atoms with Gasteiger partial charge in [-0.25, -0.2) is 0 Å². The molecule has 2 heterocycles. The zero-order valence-electron chi connectivity index (χ0n) is 9.71. The molecule has 1 saturated heterocycles. The van der Waals surface area contributed by atoms with Crippen molar-refractivity contribution in [3.63, 3.8) is 0 Å². The van der Waals surface area contributed by atoms with Crippen molar-refractivity contribution < 1.29 is 0 Å². The summed E-state index contributed by atoms with van der Waals surface area (Å²) in [4.78, 5) is 3.73. The van der Waals surface area contributed by atoms with Crippen molar-refractivity contribution in [3.05, 3.63) is 21.3 Å². The first-order valence-electron chi connectivity index (χ1n) is 5.90. The predicted molar refractivity (Wildman–Crippen MR) is 71.3 cm³/mol. The summed E-state index contributed by atoms with van der Waals surface area (Å²) in [5.74, 6) is 0. The fourth-order valence-corrected chi connectivity index (χ4v) is 3.33. The van der Waals surface area contributed by atoms with Gasteiger partial charge in [0.25, 0.3) is 0 Å². The molecular weight excluding hydrogens is 240 g/mol. The molecule has 0 saturated carbocycles. The van der Waals surface area contributed by atoms with Gasteiger partial charge in [0.1, 0.15) is 0 Å². The molecule has 16 heavy (non-hydrogen) atoms. The number of halogens is 1. The first kappa shape index (κ1) is 12.4. The maximum atomic E-state index is 5.91. The van der Waals surface area contributed by atoms with E-state index in [4.69, 9.17) is 11.6 Å². The van der Waals surface area contributed by atoms with E-state index in [1.807, 2.05) is 6.07 Å². The van der Waals surface area contributed by atoms with Crippen molar-refractivity contribution in [1.82, 2.24) is 10.2 Å². The largest absolute Gasteiger partial charge is 0.314 e. The second-order valence-electron chi connectivity index (χ2n) is 4.53. The average molecular weight is 259 g/mol. The molecule has 0 bridgehead atoms. The lowest BCUT2D eigenvalue weighted by molar-refractivity contribution is 0.308. The van der Waals surface area contributed by atoms with E-state index in [9.17, 15) is 0 Å². The quantitative estimate of drug-likeness (QED) is 0.874. The zero-order valence-corrected chi connectivity index (χ0v) is 11.3. The number of rotatable bonds is 5. The Bertz CT molecular complexity index is 321. The minimum Gasteiger partial charge on any atom is -0.314 e. The van der Waals surface area contributed by atoms with Crippen LogP contribution in [0.4, 0.5) is 0 Å². The highest BCUT2D eigenvalue weighted by molar-refractivity contribution is 7.16. The van der Waals surface area contributed by atoms with Crippen LogP contribution >= 0.6 is 22.9 Å². The molecule has 0 radical (unpaired) electrons. The van der Waals surface area contributed by atoms with E-state index in [0.717, 1.165) is 23.5 Å². The van der Waals surface area contributed by atoms with Crippen LogP contribution in [0, 0.1) is 0 Å². The van der Waals surface area contributed by atoms with Gasteiger partial charge >= 0.3 is 0 Å². The van der Waals surface area contributed by atoms with E-state index in [0.29, 0.717) is 0 Å². The smallest absolute Gasteiger partial charge is 0.0931 e. The number of nitrogens with zero attached hydrogens (tertiary/aromatic N) is 1. The molecule has 1 aromatic heterocycles. The second-order valence-corrected chi connectivity index (χ2v) is 6.33. The van der Waals surface area contributed by atoms with Crippen molar-refractivity contribution in [3.8, 4) is 0 Å². The number of hydrogen-bond donors (Lipinski definition) is 1. The summed E-state index contributed by atoms with van der Waals surface area (Å²) in [7, 11) is 2.18. The molecule has 0 spiro atoms. The van der Waals surface area contributed by atoms with Crippen LogP contribution in [0.2, 0.25) is 4.34 Å². The molecule has 1 atom stereocenters. The Morgan fingerprint density at radius 3 is 3.06 bits per heavy atom. The Balaban J connectivity index is 1.69. The highest BCUT2D eigenvalue weighted by Crippen LogP contribution is 2.22. The van der Waals surface area contributed by atoms with Gasteiger partial charge in [0.2, 0.25) is 0 Å². The van der Waals surface area contributed by atoms with Gasteiger partial charge in [-0.15, -0.1) is 11.3 Å². The molecule has 1 N–H and O–H groups in total. The fraction of sp³-hybridized carbons (Fsp3) is 0.667. The average Bonchev–Trinajstić information content (AvgIpc) is 2.87. The second kappa shape index (κ2) is 6.01. The molecule has 2 rings (SSSR count). The number of nitrogens with one attached hydrogen (secondary N) is 1. The van der Waals surface area contributed by atoms with Crippen LogP contribution in [-0.2, 0) is 6.54 Å². The van der Waals surface area contributed by atoms with E-state index in [1.54, 1.807) is 11.3 Å². The maximum Gasteiger partial charge on any atom is 0.0931 e. The van der Waals surface area contributed by atoms with Crippen LogP contribution in [0.15, 0.2) is 12.1 Å². The third-order valence-corrected chi connectivity index (χ3v) is 4.29. The summed E-state index contributed by atoms with van der Waals surface area (Å²) in [6, 6.07) is 4.85. The van der Waals surface area contributed by atoms with Gasteiger partial charge in [-0.05, 0) is 51.5 Å². The van der Waals surface area contributed by atoms with Gasteiger partial charge in [-0.2, -0.15) is 0 Å². The van der Waals surface area contributed by atoms with Crippen molar-refractivity contribution >= 4 is 22.9 Å². The molecule has 4 heteroatoms. The summed E-state index contributed by atoms with van der Waals surface area (Å²) in [5, 5.41) is 3.53. The topological polar surface area (TPSA) is 15.3 Å². The minimum absolute atomic E-state index is 0.745. The van der Waals surface area contributed by atoms with Crippen LogP contribution in [0.25, 0.3) is 0 Å². The Morgan fingerprint density at radius 1 is 1.56 bits per heavy atom. The van der Waals surface area contributed by atoms with Gasteiger partial charge in [0.15, 0.2) is 0 Å². The summed E-state index contributed by atoms with van der Waals surface area (Å²) < 4.78 is 0.890. The number of hydrogen-bond acceptors (Lipinski definition) is 3. The summed E-state index contributed by atoms with van der Waals surface area (Å²) >= 11 is 7.60. The number of thiophene rings is 1. The fourth-order valence-electron chi connectivity index (χ4n) is 2.16. The monoisotopic (exact) mass is 258 g/mol. The van der Waals surface area contributed by atoms with Crippen molar-refractivity contribution in [2.75, 3.05) is 20.1 Å². The van der Waals surface area contributed by atoms with Gasteiger partial charge in [-0.1, -0.05) is 11.6 Å². The molecule has 2 nitrogen and oxygen atoms in total. The minimum atomic E-state index is 0.745. The Labute approximate surface area is 107 Å². The SMILES string of the molecule is CN(CCC1CCCN1)Cc1ccc(Cl)s1. The first-order valence-corrected chi connectivity index (χ1v) is 7.09. The summed E-state index contributed by atoms with van der Waals surface area (Å²) in [6.45, 7) is 3.38. The molecule has 0 aliphatic carbocycles. The standard InChI is InChI=1S/C12H19ClN2S/c1-15(8-6-10-3-2-7-14-10)9-11-4-5-12(13)16-11/h4-5,10,14H,2-3,6-9H2,1H3. The van der Waals surface area contributed by atoms with Gasteiger partial charge in [-0.3, -0.25) is 0 Å². The van der Waals surface area contributed by atoms with Gasteiger partial charge in [0, 0.05) is 17.5 Å². The molecule has 0 aromatic carbocycles.